The van der Waals surface area contributed by atoms with Gasteiger partial charge in [0.15, 0.2) is 0 Å². The smallest absolute Gasteiger partial charge is 0.135 e. The van der Waals surface area contributed by atoms with E-state index in [2.05, 4.69) is 33.0 Å². The van der Waals surface area contributed by atoms with Crippen molar-refractivity contribution in [1.29, 1.82) is 0 Å². The molecule has 0 aromatic carbocycles. The summed E-state index contributed by atoms with van der Waals surface area (Å²) < 4.78 is 0. The standard InChI is InChI=1S/C12H25NO/c1-7-11(4,10(3)14)9-12(5,8-2)13-6/h13H,7-9H2,1-6H3/t11?,12-/m1/s1. The summed E-state index contributed by atoms with van der Waals surface area (Å²) in [5.74, 6) is 0.301. The lowest BCUT2D eigenvalue weighted by atomic mass is 9.72. The number of Topliss-reactive ketones (excluding diaryl/α,β-unsaturated/α-hetero) is 1. The first-order valence-corrected chi connectivity index (χ1v) is 5.53. The van der Waals surface area contributed by atoms with Gasteiger partial charge >= 0.3 is 0 Å². The highest BCUT2D eigenvalue weighted by atomic mass is 16.1. The molecule has 0 saturated carbocycles. The Bertz CT molecular complexity index is 196. The highest BCUT2D eigenvalue weighted by molar-refractivity contribution is 5.81. The molecule has 2 atom stereocenters. The highest BCUT2D eigenvalue weighted by Crippen LogP contribution is 2.33. The summed E-state index contributed by atoms with van der Waals surface area (Å²) in [4.78, 5) is 11.6. The van der Waals surface area contributed by atoms with Crippen LogP contribution in [0.2, 0.25) is 0 Å². The van der Waals surface area contributed by atoms with Gasteiger partial charge in [-0.15, -0.1) is 0 Å². The molecule has 1 N–H and O–H groups in total. The van der Waals surface area contributed by atoms with Crippen molar-refractivity contribution in [3.8, 4) is 0 Å². The maximum absolute atomic E-state index is 11.6. The van der Waals surface area contributed by atoms with Crippen LogP contribution in [0.1, 0.15) is 53.9 Å². The van der Waals surface area contributed by atoms with Crippen molar-refractivity contribution in [2.45, 2.75) is 59.4 Å². The third-order valence-corrected chi connectivity index (χ3v) is 3.79. The minimum atomic E-state index is -0.173. The molecule has 0 aromatic rings. The Morgan fingerprint density at radius 2 is 1.71 bits per heavy atom. The van der Waals surface area contributed by atoms with Gasteiger partial charge in [-0.3, -0.25) is 4.79 Å². The summed E-state index contributed by atoms with van der Waals surface area (Å²) in [7, 11) is 1.97. The first-order valence-electron chi connectivity index (χ1n) is 5.53. The zero-order valence-corrected chi connectivity index (χ0v) is 10.5. The fourth-order valence-electron chi connectivity index (χ4n) is 1.75. The first-order chi connectivity index (χ1) is 6.33. The number of carbonyl (C=O) groups is 1. The molecule has 1 unspecified atom stereocenters. The van der Waals surface area contributed by atoms with Gasteiger partial charge in [0, 0.05) is 11.0 Å². The van der Waals surface area contributed by atoms with Crippen molar-refractivity contribution in [1.82, 2.24) is 5.32 Å². The van der Waals surface area contributed by atoms with Crippen molar-refractivity contribution in [2.75, 3.05) is 7.05 Å². The van der Waals surface area contributed by atoms with Crippen LogP contribution in [0.4, 0.5) is 0 Å². The fraction of sp³-hybridized carbons (Fsp3) is 0.917. The van der Waals surface area contributed by atoms with Gasteiger partial charge in [0.1, 0.15) is 5.78 Å². The zero-order chi connectivity index (χ0) is 11.4. The molecule has 0 aliphatic rings. The van der Waals surface area contributed by atoms with Crippen molar-refractivity contribution in [2.24, 2.45) is 5.41 Å². The molecule has 0 radical (unpaired) electrons. The monoisotopic (exact) mass is 199 g/mol. The number of hydrogen-bond donors (Lipinski definition) is 1. The van der Waals surface area contributed by atoms with Gasteiger partial charge in [0.25, 0.3) is 0 Å². The number of hydrogen-bond acceptors (Lipinski definition) is 2. The molecule has 0 bridgehead atoms. The van der Waals surface area contributed by atoms with Gasteiger partial charge in [-0.1, -0.05) is 20.8 Å². The summed E-state index contributed by atoms with van der Waals surface area (Å²) in [6, 6.07) is 0. The predicted octanol–water partition coefficient (Wildman–Crippen LogP) is 2.77. The van der Waals surface area contributed by atoms with E-state index < -0.39 is 0 Å². The second kappa shape index (κ2) is 4.92. The maximum atomic E-state index is 11.6. The summed E-state index contributed by atoms with van der Waals surface area (Å²) in [6.45, 7) is 10.2. The Morgan fingerprint density at radius 3 is 1.93 bits per heavy atom. The molecule has 0 amide bonds. The number of nitrogens with one attached hydrogen (secondary N) is 1. The van der Waals surface area contributed by atoms with E-state index in [0.717, 1.165) is 19.3 Å². The molecule has 0 aliphatic heterocycles. The molecule has 2 nitrogen and oxygen atoms in total. The van der Waals surface area contributed by atoms with Crippen LogP contribution in [-0.2, 0) is 4.79 Å². The summed E-state index contributed by atoms with van der Waals surface area (Å²) in [5.41, 5.74) is -0.0931. The summed E-state index contributed by atoms with van der Waals surface area (Å²) in [6.07, 6.45) is 2.88. The van der Waals surface area contributed by atoms with Crippen LogP contribution in [0.15, 0.2) is 0 Å². The molecule has 2 heteroatoms. The van der Waals surface area contributed by atoms with Crippen LogP contribution >= 0.6 is 0 Å². The minimum absolute atomic E-state index is 0.0798. The third-order valence-electron chi connectivity index (χ3n) is 3.79. The molecule has 0 aromatic heterocycles. The molecule has 0 heterocycles. The number of carbonyl (C=O) groups excluding carboxylic acids is 1. The lowest BCUT2D eigenvalue weighted by molar-refractivity contribution is -0.127. The van der Waals surface area contributed by atoms with Gasteiger partial charge in [0.2, 0.25) is 0 Å². The van der Waals surface area contributed by atoms with Crippen LogP contribution in [0.3, 0.4) is 0 Å². The molecule has 0 aliphatic carbocycles. The molecule has 0 rings (SSSR count). The van der Waals surface area contributed by atoms with Crippen molar-refractivity contribution in [3.05, 3.63) is 0 Å². The highest BCUT2D eigenvalue weighted by Gasteiger charge is 2.35. The molecule has 0 fully saturated rings. The minimum Gasteiger partial charge on any atom is -0.315 e. The molecule has 0 saturated heterocycles. The maximum Gasteiger partial charge on any atom is 0.135 e. The van der Waals surface area contributed by atoms with E-state index in [1.165, 1.54) is 0 Å². The van der Waals surface area contributed by atoms with E-state index in [1.54, 1.807) is 6.92 Å². The van der Waals surface area contributed by atoms with E-state index in [0.29, 0.717) is 5.78 Å². The van der Waals surface area contributed by atoms with E-state index in [-0.39, 0.29) is 11.0 Å². The largest absolute Gasteiger partial charge is 0.315 e. The Labute approximate surface area is 88.5 Å². The average molecular weight is 199 g/mol. The fourth-order valence-corrected chi connectivity index (χ4v) is 1.75. The SMILES string of the molecule is CCC(C)(C[C@@](C)(CC)NC)C(C)=O. The lowest BCUT2D eigenvalue weighted by Gasteiger charge is -2.37. The Hall–Kier alpha value is -0.370. The van der Waals surface area contributed by atoms with Gasteiger partial charge in [-0.25, -0.2) is 0 Å². The predicted molar refractivity (Wildman–Crippen MR) is 61.5 cm³/mol. The van der Waals surface area contributed by atoms with Crippen molar-refractivity contribution >= 4 is 5.78 Å². The Kier molecular flexibility index (Phi) is 4.79. The van der Waals surface area contributed by atoms with Gasteiger partial charge in [0.05, 0.1) is 0 Å². The Balaban J connectivity index is 4.67. The van der Waals surface area contributed by atoms with E-state index >= 15 is 0 Å². The molecule has 84 valence electrons. The van der Waals surface area contributed by atoms with E-state index in [9.17, 15) is 4.79 Å². The van der Waals surface area contributed by atoms with Crippen LogP contribution in [-0.4, -0.2) is 18.4 Å². The van der Waals surface area contributed by atoms with Crippen LogP contribution in [0.5, 0.6) is 0 Å². The molecule has 0 spiro atoms. The average Bonchev–Trinajstić information content (AvgIpc) is 2.17. The Morgan fingerprint density at radius 1 is 1.21 bits per heavy atom. The third kappa shape index (κ3) is 3.09. The first kappa shape index (κ1) is 13.6. The quantitative estimate of drug-likeness (QED) is 0.712. The van der Waals surface area contributed by atoms with Crippen LogP contribution in [0, 0.1) is 5.41 Å². The van der Waals surface area contributed by atoms with Gasteiger partial charge < -0.3 is 5.32 Å². The number of rotatable bonds is 6. The zero-order valence-electron chi connectivity index (χ0n) is 10.5. The van der Waals surface area contributed by atoms with Crippen LogP contribution in [0.25, 0.3) is 0 Å². The van der Waals surface area contributed by atoms with E-state index in [1.807, 2.05) is 7.05 Å². The molecular weight excluding hydrogens is 174 g/mol. The van der Waals surface area contributed by atoms with Crippen molar-refractivity contribution in [3.63, 3.8) is 0 Å². The topological polar surface area (TPSA) is 29.1 Å². The van der Waals surface area contributed by atoms with Crippen LogP contribution < -0.4 is 5.32 Å². The van der Waals surface area contributed by atoms with E-state index in [4.69, 9.17) is 0 Å². The second-order valence-electron chi connectivity index (χ2n) is 4.81. The summed E-state index contributed by atoms with van der Waals surface area (Å²) >= 11 is 0. The lowest BCUT2D eigenvalue weighted by Crippen LogP contribution is -2.45. The van der Waals surface area contributed by atoms with Gasteiger partial charge in [-0.2, -0.15) is 0 Å². The number of ketones is 1. The van der Waals surface area contributed by atoms with Crippen molar-refractivity contribution < 1.29 is 4.79 Å². The van der Waals surface area contributed by atoms with Gasteiger partial charge in [-0.05, 0) is 40.2 Å². The second-order valence-corrected chi connectivity index (χ2v) is 4.81. The molecular formula is C12H25NO. The normalized spacial score (nSPS) is 19.9. The summed E-state index contributed by atoms with van der Waals surface area (Å²) in [5, 5.41) is 3.32. The molecule has 14 heavy (non-hydrogen) atoms.